The van der Waals surface area contributed by atoms with Crippen LogP contribution in [0.25, 0.3) is 0 Å². The average molecular weight is 462 g/mol. The average Bonchev–Trinajstić information content (AvgIpc) is 2.76. The Hall–Kier alpha value is -1.33. The summed E-state index contributed by atoms with van der Waals surface area (Å²) in [6.07, 6.45) is -2.11. The Bertz CT molecular complexity index is 609. The molecule has 0 aliphatic carbocycles. The maximum Gasteiger partial charge on any atom is 0.335 e. The predicted octanol–water partition coefficient (Wildman–Crippen LogP) is -1.28. The molecule has 11 nitrogen and oxygen atoms in total. The van der Waals surface area contributed by atoms with Crippen LogP contribution in [0.5, 0.6) is 0 Å². The number of carbonyl (C=O) groups is 1. The highest BCUT2D eigenvalue weighted by molar-refractivity contribution is 5.73. The van der Waals surface area contributed by atoms with Gasteiger partial charge < -0.3 is 49.6 Å². The summed E-state index contributed by atoms with van der Waals surface area (Å²) in [5, 5.41) is 58.9. The van der Waals surface area contributed by atoms with E-state index in [1.54, 1.807) is 0 Å². The fraction of sp³-hybridized carbons (Fsp3) is 0.857. The zero-order valence-electron chi connectivity index (χ0n) is 17.9. The van der Waals surface area contributed by atoms with Crippen LogP contribution >= 0.6 is 0 Å². The van der Waals surface area contributed by atoms with E-state index in [0.29, 0.717) is 6.61 Å². The molecule has 0 aromatic rings. The molecular formula is C21H34O11. The standard InChI is InChI=1S/C21H34O11/c1-2-3-4-5-6-7-8-9-29-20-14(23)13(22)10-12(31-20)11-30-21-17(26)15(24)16(25)18(32-21)19(27)28/h1,12-18,20-26H,3-11H2,(H,27,28)/t12-,13-,14+,15-,16+,17+,18-,20+,21-/m0/s1. The SMILES string of the molecule is C#CCCCCCCCO[C@@H]1O[C@H](CO[C@H]2O[C@H](C(=O)O)[C@H](O)[C@H](O)[C@H]2O)C[C@H](O)[C@H]1O. The van der Waals surface area contributed by atoms with Crippen LogP contribution in [0, 0.1) is 12.3 Å². The first kappa shape index (κ1) is 26.9. The molecule has 184 valence electrons. The fourth-order valence-electron chi connectivity index (χ4n) is 3.61. The quantitative estimate of drug-likeness (QED) is 0.150. The van der Waals surface area contributed by atoms with Gasteiger partial charge in [-0.05, 0) is 12.8 Å². The summed E-state index contributed by atoms with van der Waals surface area (Å²) in [6.45, 7) is 0.0850. The number of hydrogen-bond donors (Lipinski definition) is 6. The number of carboxylic acids is 1. The summed E-state index contributed by atoms with van der Waals surface area (Å²) in [7, 11) is 0. The summed E-state index contributed by atoms with van der Waals surface area (Å²) in [5.74, 6) is 1.08. The van der Waals surface area contributed by atoms with E-state index in [0.717, 1.165) is 38.5 Å². The number of rotatable bonds is 12. The van der Waals surface area contributed by atoms with Gasteiger partial charge in [-0.15, -0.1) is 12.3 Å². The monoisotopic (exact) mass is 462 g/mol. The number of terminal acetylenes is 1. The van der Waals surface area contributed by atoms with Gasteiger partial charge in [-0.25, -0.2) is 4.79 Å². The smallest absolute Gasteiger partial charge is 0.335 e. The topological polar surface area (TPSA) is 175 Å². The normalized spacial score (nSPS) is 37.7. The van der Waals surface area contributed by atoms with Gasteiger partial charge >= 0.3 is 5.97 Å². The predicted molar refractivity (Wildman–Crippen MR) is 108 cm³/mol. The highest BCUT2D eigenvalue weighted by atomic mass is 16.7. The van der Waals surface area contributed by atoms with Gasteiger partial charge in [0.15, 0.2) is 18.7 Å². The van der Waals surface area contributed by atoms with Gasteiger partial charge in [0, 0.05) is 19.4 Å². The van der Waals surface area contributed by atoms with Crippen LogP contribution in [-0.4, -0.2) is 105 Å². The van der Waals surface area contributed by atoms with Crippen molar-refractivity contribution in [2.24, 2.45) is 0 Å². The summed E-state index contributed by atoms with van der Waals surface area (Å²) < 4.78 is 21.6. The minimum atomic E-state index is -1.82. The summed E-state index contributed by atoms with van der Waals surface area (Å²) >= 11 is 0. The molecule has 0 aromatic carbocycles. The van der Waals surface area contributed by atoms with E-state index >= 15 is 0 Å². The van der Waals surface area contributed by atoms with Crippen molar-refractivity contribution in [2.45, 2.75) is 100 Å². The zero-order valence-corrected chi connectivity index (χ0v) is 17.9. The van der Waals surface area contributed by atoms with Crippen molar-refractivity contribution in [3.05, 3.63) is 0 Å². The molecule has 2 heterocycles. The first-order valence-electron chi connectivity index (χ1n) is 10.9. The van der Waals surface area contributed by atoms with Crippen molar-refractivity contribution in [3.63, 3.8) is 0 Å². The van der Waals surface area contributed by atoms with Crippen LogP contribution in [-0.2, 0) is 23.7 Å². The van der Waals surface area contributed by atoms with Gasteiger partial charge in [-0.3, -0.25) is 0 Å². The van der Waals surface area contributed by atoms with E-state index in [1.807, 2.05) is 0 Å². The highest BCUT2D eigenvalue weighted by Crippen LogP contribution is 2.26. The van der Waals surface area contributed by atoms with Crippen LogP contribution in [0.2, 0.25) is 0 Å². The lowest BCUT2D eigenvalue weighted by atomic mass is 9.99. The molecule has 0 radical (unpaired) electrons. The number of aliphatic hydroxyl groups excluding tert-OH is 5. The minimum absolute atomic E-state index is 0.00651. The van der Waals surface area contributed by atoms with Crippen LogP contribution in [0.4, 0.5) is 0 Å². The van der Waals surface area contributed by atoms with Crippen LogP contribution in [0.3, 0.4) is 0 Å². The van der Waals surface area contributed by atoms with E-state index in [4.69, 9.17) is 30.5 Å². The van der Waals surface area contributed by atoms with Crippen molar-refractivity contribution in [3.8, 4) is 12.3 Å². The lowest BCUT2D eigenvalue weighted by molar-refractivity contribution is -0.313. The summed E-state index contributed by atoms with van der Waals surface area (Å²) in [4.78, 5) is 11.2. The fourth-order valence-corrected chi connectivity index (χ4v) is 3.61. The Morgan fingerprint density at radius 2 is 1.53 bits per heavy atom. The second-order valence-electron chi connectivity index (χ2n) is 8.08. The van der Waals surface area contributed by atoms with Crippen molar-refractivity contribution < 1.29 is 54.4 Å². The molecule has 2 fully saturated rings. The Labute approximate surface area is 186 Å². The van der Waals surface area contributed by atoms with Gasteiger partial charge in [0.1, 0.15) is 24.4 Å². The molecule has 0 bridgehead atoms. The van der Waals surface area contributed by atoms with Gasteiger partial charge in [0.25, 0.3) is 0 Å². The van der Waals surface area contributed by atoms with Gasteiger partial charge in [0.05, 0.1) is 18.8 Å². The van der Waals surface area contributed by atoms with Crippen molar-refractivity contribution in [1.82, 2.24) is 0 Å². The Morgan fingerprint density at radius 3 is 2.22 bits per heavy atom. The Morgan fingerprint density at radius 1 is 0.875 bits per heavy atom. The number of aliphatic hydroxyl groups is 5. The number of ether oxygens (including phenoxy) is 4. The lowest BCUT2D eigenvalue weighted by Gasteiger charge is -2.40. The third-order valence-corrected chi connectivity index (χ3v) is 5.51. The second-order valence-corrected chi connectivity index (χ2v) is 8.08. The molecule has 2 rings (SSSR count). The number of unbranched alkanes of at least 4 members (excludes halogenated alkanes) is 5. The van der Waals surface area contributed by atoms with Crippen LogP contribution in [0.15, 0.2) is 0 Å². The third-order valence-electron chi connectivity index (χ3n) is 5.51. The molecule has 0 saturated carbocycles. The van der Waals surface area contributed by atoms with E-state index in [2.05, 4.69) is 5.92 Å². The Kier molecular flexibility index (Phi) is 11.3. The molecule has 11 heteroatoms. The second kappa shape index (κ2) is 13.4. The number of carboxylic acid groups (broad SMARTS) is 1. The molecule has 0 spiro atoms. The van der Waals surface area contributed by atoms with Crippen LogP contribution in [0.1, 0.15) is 44.9 Å². The molecule has 2 aliphatic heterocycles. The minimum Gasteiger partial charge on any atom is -0.479 e. The lowest BCUT2D eigenvalue weighted by Crippen LogP contribution is -2.60. The number of hydrogen-bond acceptors (Lipinski definition) is 10. The van der Waals surface area contributed by atoms with E-state index in [9.17, 15) is 30.3 Å². The summed E-state index contributed by atoms with van der Waals surface area (Å²) in [6, 6.07) is 0. The molecule has 32 heavy (non-hydrogen) atoms. The molecule has 0 amide bonds. The molecule has 0 aromatic heterocycles. The molecule has 0 unspecified atom stereocenters. The van der Waals surface area contributed by atoms with Crippen molar-refractivity contribution in [1.29, 1.82) is 0 Å². The van der Waals surface area contributed by atoms with Gasteiger partial charge in [-0.2, -0.15) is 0 Å². The Balaban J connectivity index is 1.77. The molecular weight excluding hydrogens is 428 g/mol. The summed E-state index contributed by atoms with van der Waals surface area (Å²) in [5.41, 5.74) is 0. The first-order valence-corrected chi connectivity index (χ1v) is 10.9. The molecule has 9 atom stereocenters. The first-order chi connectivity index (χ1) is 15.3. The highest BCUT2D eigenvalue weighted by Gasteiger charge is 2.48. The molecule has 2 aliphatic rings. The number of aliphatic carboxylic acids is 1. The maximum atomic E-state index is 11.2. The zero-order chi connectivity index (χ0) is 23.7. The van der Waals surface area contributed by atoms with E-state index < -0.39 is 61.3 Å². The van der Waals surface area contributed by atoms with E-state index in [1.165, 1.54) is 0 Å². The van der Waals surface area contributed by atoms with E-state index in [-0.39, 0.29) is 13.0 Å². The maximum absolute atomic E-state index is 11.2. The molecule has 2 saturated heterocycles. The van der Waals surface area contributed by atoms with Gasteiger partial charge in [-0.1, -0.05) is 19.3 Å². The largest absolute Gasteiger partial charge is 0.479 e. The third kappa shape index (κ3) is 7.62. The van der Waals surface area contributed by atoms with Gasteiger partial charge in [0.2, 0.25) is 0 Å². The van der Waals surface area contributed by atoms with Crippen LogP contribution < -0.4 is 0 Å². The van der Waals surface area contributed by atoms with Crippen molar-refractivity contribution >= 4 is 5.97 Å². The molecule has 6 N–H and O–H groups in total. The van der Waals surface area contributed by atoms with Crippen molar-refractivity contribution in [2.75, 3.05) is 13.2 Å².